The van der Waals surface area contributed by atoms with Gasteiger partial charge >= 0.3 is 6.09 Å². The van der Waals surface area contributed by atoms with E-state index in [1.165, 1.54) is 11.3 Å². The number of hydrogen-bond acceptors (Lipinski definition) is 6. The van der Waals surface area contributed by atoms with E-state index in [2.05, 4.69) is 20.9 Å². The number of amides is 2. The number of rotatable bonds is 6. The lowest BCUT2D eigenvalue weighted by atomic mass is 9.88. The standard InChI is InChI=1S/C24H26N4O3S/c1-16-6-7-21(32-16)23(29)27-19-4-2-3-5-20(19)28-24(30)31-22(17-8-12-25-13-9-17)18-10-14-26-15-11-18/h2-9,12-13,18,22,26H,10-11,14-15H2,1H3,(H,27,29)(H,28,30). The van der Waals surface area contributed by atoms with Gasteiger partial charge in [0.05, 0.1) is 16.3 Å². The molecule has 7 nitrogen and oxygen atoms in total. The van der Waals surface area contributed by atoms with Gasteiger partial charge in [-0.15, -0.1) is 11.3 Å². The molecule has 8 heteroatoms. The Morgan fingerprint density at radius 2 is 1.72 bits per heavy atom. The van der Waals surface area contributed by atoms with Crippen molar-refractivity contribution in [3.8, 4) is 0 Å². The SMILES string of the molecule is Cc1ccc(C(=O)Nc2ccccc2NC(=O)OC(c2ccncc2)C2CCNCC2)s1. The van der Waals surface area contributed by atoms with Crippen molar-refractivity contribution in [3.63, 3.8) is 0 Å². The van der Waals surface area contributed by atoms with E-state index in [1.54, 1.807) is 42.7 Å². The second-order valence-corrected chi connectivity index (χ2v) is 9.02. The monoisotopic (exact) mass is 450 g/mol. The zero-order valence-corrected chi connectivity index (χ0v) is 18.7. The number of piperidine rings is 1. The van der Waals surface area contributed by atoms with Crippen LogP contribution in [-0.2, 0) is 4.74 Å². The van der Waals surface area contributed by atoms with E-state index in [4.69, 9.17) is 4.74 Å². The molecular weight excluding hydrogens is 424 g/mol. The van der Waals surface area contributed by atoms with Crippen molar-refractivity contribution in [1.82, 2.24) is 10.3 Å². The van der Waals surface area contributed by atoms with Crippen molar-refractivity contribution >= 4 is 34.7 Å². The van der Waals surface area contributed by atoms with Crippen molar-refractivity contribution in [2.75, 3.05) is 23.7 Å². The highest BCUT2D eigenvalue weighted by molar-refractivity contribution is 7.14. The minimum atomic E-state index is -0.556. The van der Waals surface area contributed by atoms with E-state index in [1.807, 2.05) is 25.1 Å². The van der Waals surface area contributed by atoms with Crippen molar-refractivity contribution in [3.05, 3.63) is 76.2 Å². The van der Waals surface area contributed by atoms with Crippen molar-refractivity contribution in [2.45, 2.75) is 25.9 Å². The molecule has 1 unspecified atom stereocenters. The molecule has 1 aromatic carbocycles. The minimum absolute atomic E-state index is 0.213. The van der Waals surface area contributed by atoms with Crippen molar-refractivity contribution < 1.29 is 14.3 Å². The summed E-state index contributed by atoms with van der Waals surface area (Å²) in [7, 11) is 0. The highest BCUT2D eigenvalue weighted by atomic mass is 32.1. The number of aromatic nitrogens is 1. The number of hydrogen-bond donors (Lipinski definition) is 3. The first-order valence-corrected chi connectivity index (χ1v) is 11.5. The summed E-state index contributed by atoms with van der Waals surface area (Å²) in [5.41, 5.74) is 1.93. The summed E-state index contributed by atoms with van der Waals surface area (Å²) in [6.45, 7) is 3.75. The van der Waals surface area contributed by atoms with Gasteiger partial charge in [-0.2, -0.15) is 0 Å². The van der Waals surface area contributed by atoms with E-state index in [-0.39, 0.29) is 17.9 Å². The van der Waals surface area contributed by atoms with Gasteiger partial charge in [0.15, 0.2) is 0 Å². The summed E-state index contributed by atoms with van der Waals surface area (Å²) in [5.74, 6) is 0.0106. The molecule has 4 rings (SSSR count). The van der Waals surface area contributed by atoms with E-state index < -0.39 is 6.09 Å². The second kappa shape index (κ2) is 10.4. The summed E-state index contributed by atoms with van der Waals surface area (Å²) in [6, 6.07) is 14.6. The molecule has 3 heterocycles. The van der Waals surface area contributed by atoms with Gasteiger partial charge in [0.25, 0.3) is 5.91 Å². The van der Waals surface area contributed by atoms with Crippen LogP contribution in [0, 0.1) is 12.8 Å². The Kier molecular flexibility index (Phi) is 7.14. The number of carbonyl (C=O) groups is 2. The number of thiophene rings is 1. The van der Waals surface area contributed by atoms with E-state index >= 15 is 0 Å². The summed E-state index contributed by atoms with van der Waals surface area (Å²) < 4.78 is 5.91. The van der Waals surface area contributed by atoms with E-state index in [9.17, 15) is 9.59 Å². The smallest absolute Gasteiger partial charge is 0.412 e. The average Bonchev–Trinajstić information content (AvgIpc) is 3.26. The van der Waals surface area contributed by atoms with E-state index in [0.29, 0.717) is 16.3 Å². The zero-order valence-electron chi connectivity index (χ0n) is 17.8. The first kappa shape index (κ1) is 22.0. The second-order valence-electron chi connectivity index (χ2n) is 7.73. The Labute approximate surface area is 191 Å². The van der Waals surface area contributed by atoms with Crippen LogP contribution in [0.1, 0.15) is 39.1 Å². The van der Waals surface area contributed by atoms with Gasteiger partial charge in [0.2, 0.25) is 0 Å². The molecule has 0 spiro atoms. The van der Waals surface area contributed by atoms with Gasteiger partial charge in [0.1, 0.15) is 6.10 Å². The summed E-state index contributed by atoms with van der Waals surface area (Å²) >= 11 is 1.42. The van der Waals surface area contributed by atoms with Crippen LogP contribution < -0.4 is 16.0 Å². The first-order valence-electron chi connectivity index (χ1n) is 10.7. The first-order chi connectivity index (χ1) is 15.6. The molecule has 1 aliphatic heterocycles. The molecule has 2 amide bonds. The van der Waals surface area contributed by atoms with Crippen LogP contribution in [0.3, 0.4) is 0 Å². The van der Waals surface area contributed by atoms with Crippen molar-refractivity contribution in [2.24, 2.45) is 5.92 Å². The molecule has 1 saturated heterocycles. The maximum Gasteiger partial charge on any atom is 0.412 e. The topological polar surface area (TPSA) is 92.4 Å². The van der Waals surface area contributed by atoms with Gasteiger partial charge in [-0.1, -0.05) is 12.1 Å². The lowest BCUT2D eigenvalue weighted by Gasteiger charge is -2.30. The molecule has 2 aromatic heterocycles. The summed E-state index contributed by atoms with van der Waals surface area (Å²) in [5, 5.41) is 9.03. The largest absolute Gasteiger partial charge is 0.441 e. The Hall–Kier alpha value is -3.23. The van der Waals surface area contributed by atoms with Gasteiger partial charge in [0, 0.05) is 23.2 Å². The Morgan fingerprint density at radius 1 is 1.03 bits per heavy atom. The van der Waals surface area contributed by atoms with Crippen LogP contribution in [0.15, 0.2) is 60.9 Å². The van der Waals surface area contributed by atoms with Gasteiger partial charge < -0.3 is 15.4 Å². The minimum Gasteiger partial charge on any atom is -0.441 e. The van der Waals surface area contributed by atoms with Crippen molar-refractivity contribution in [1.29, 1.82) is 0 Å². The Balaban J connectivity index is 1.47. The number of nitrogens with zero attached hydrogens (tertiary/aromatic N) is 1. The number of nitrogens with one attached hydrogen (secondary N) is 3. The fraction of sp³-hybridized carbons (Fsp3) is 0.292. The number of ether oxygens (including phenoxy) is 1. The average molecular weight is 451 g/mol. The fourth-order valence-corrected chi connectivity index (χ4v) is 4.60. The maximum atomic E-state index is 12.9. The lowest BCUT2D eigenvalue weighted by molar-refractivity contribution is 0.0591. The third kappa shape index (κ3) is 5.52. The molecule has 1 aliphatic rings. The highest BCUT2D eigenvalue weighted by Gasteiger charge is 2.28. The summed E-state index contributed by atoms with van der Waals surface area (Å²) in [4.78, 5) is 31.2. The number of aryl methyl sites for hydroxylation is 1. The van der Waals surface area contributed by atoms with Crippen LogP contribution in [-0.4, -0.2) is 30.1 Å². The van der Waals surface area contributed by atoms with Gasteiger partial charge in [-0.05, 0) is 74.8 Å². The molecule has 3 N–H and O–H groups in total. The maximum absolute atomic E-state index is 12.9. The van der Waals surface area contributed by atoms with E-state index in [0.717, 1.165) is 36.4 Å². The molecule has 0 bridgehead atoms. The quantitative estimate of drug-likeness (QED) is 0.492. The zero-order chi connectivity index (χ0) is 22.3. The number of pyridine rings is 1. The van der Waals surface area contributed by atoms with Gasteiger partial charge in [-0.3, -0.25) is 15.1 Å². The molecule has 1 atom stereocenters. The third-order valence-electron chi connectivity index (χ3n) is 5.46. The summed E-state index contributed by atoms with van der Waals surface area (Å²) in [6.07, 6.45) is 4.35. The molecule has 1 fully saturated rings. The van der Waals surface area contributed by atoms with Crippen LogP contribution in [0.5, 0.6) is 0 Å². The fourth-order valence-electron chi connectivity index (χ4n) is 3.83. The molecule has 32 heavy (non-hydrogen) atoms. The Morgan fingerprint density at radius 3 is 2.38 bits per heavy atom. The lowest BCUT2D eigenvalue weighted by Crippen LogP contribution is -2.33. The molecule has 166 valence electrons. The molecular formula is C24H26N4O3S. The van der Waals surface area contributed by atoms with Crippen LogP contribution in [0.25, 0.3) is 0 Å². The number of benzene rings is 1. The number of anilines is 2. The molecule has 0 radical (unpaired) electrons. The third-order valence-corrected chi connectivity index (χ3v) is 6.46. The van der Waals surface area contributed by atoms with Crippen LogP contribution >= 0.6 is 11.3 Å². The number of carbonyl (C=O) groups excluding carboxylic acids is 2. The molecule has 3 aromatic rings. The predicted molar refractivity (Wildman–Crippen MR) is 126 cm³/mol. The highest BCUT2D eigenvalue weighted by Crippen LogP contribution is 2.33. The molecule has 0 aliphatic carbocycles. The molecule has 0 saturated carbocycles. The van der Waals surface area contributed by atoms with Crippen LogP contribution in [0.2, 0.25) is 0 Å². The normalized spacial score (nSPS) is 15.0. The Bertz CT molecular complexity index is 1060. The number of para-hydroxylation sites is 2. The predicted octanol–water partition coefficient (Wildman–Crippen LogP) is 4.99. The van der Waals surface area contributed by atoms with Gasteiger partial charge in [-0.25, -0.2) is 4.79 Å². The van der Waals surface area contributed by atoms with Crippen LogP contribution in [0.4, 0.5) is 16.2 Å².